The fraction of sp³-hybridized carbons (Fsp3) is 0.174. The van der Waals surface area contributed by atoms with E-state index in [-0.39, 0.29) is 0 Å². The van der Waals surface area contributed by atoms with Crippen LogP contribution in [0.3, 0.4) is 0 Å². The highest BCUT2D eigenvalue weighted by Gasteiger charge is 2.11. The van der Waals surface area contributed by atoms with Gasteiger partial charge in [0.1, 0.15) is 17.3 Å². The maximum Gasteiger partial charge on any atom is 0.134 e. The van der Waals surface area contributed by atoms with Crippen LogP contribution in [0.4, 0.5) is 0 Å². The van der Waals surface area contributed by atoms with E-state index in [1.54, 1.807) is 0 Å². The lowest BCUT2D eigenvalue weighted by Crippen LogP contribution is -2.02. The Morgan fingerprint density at radius 3 is 2.41 bits per heavy atom. The lowest BCUT2D eigenvalue weighted by Gasteiger charge is -2.09. The fourth-order valence-corrected chi connectivity index (χ4v) is 3.29. The summed E-state index contributed by atoms with van der Waals surface area (Å²) in [4.78, 5) is 4.86. The first-order chi connectivity index (χ1) is 13.0. The van der Waals surface area contributed by atoms with Gasteiger partial charge >= 0.3 is 0 Å². The van der Waals surface area contributed by atoms with E-state index in [0.717, 1.165) is 39.9 Å². The van der Waals surface area contributed by atoms with Gasteiger partial charge < -0.3 is 8.98 Å². The lowest BCUT2D eigenvalue weighted by atomic mass is 10.1. The molecule has 0 saturated heterocycles. The Balaban J connectivity index is 1.80. The van der Waals surface area contributed by atoms with Crippen LogP contribution < -0.4 is 0 Å². The van der Waals surface area contributed by atoms with Crippen LogP contribution in [0, 0.1) is 20.8 Å². The van der Waals surface area contributed by atoms with E-state index >= 15 is 0 Å². The Morgan fingerprint density at radius 2 is 1.70 bits per heavy atom. The molecular weight excluding hydrogens is 356 g/mol. The maximum atomic E-state index is 6.04. The van der Waals surface area contributed by atoms with Gasteiger partial charge in [-0.2, -0.15) is 0 Å². The molecule has 2 heterocycles. The van der Waals surface area contributed by atoms with Crippen LogP contribution >= 0.6 is 11.6 Å². The molecule has 0 saturated carbocycles. The summed E-state index contributed by atoms with van der Waals surface area (Å²) >= 11 is 6.04. The van der Waals surface area contributed by atoms with Crippen LogP contribution in [0.15, 0.2) is 52.9 Å². The van der Waals surface area contributed by atoms with Crippen LogP contribution in [0.5, 0.6) is 0 Å². The fourth-order valence-electron chi connectivity index (χ4n) is 3.16. The van der Waals surface area contributed by atoms with Crippen molar-refractivity contribution in [3.63, 3.8) is 0 Å². The number of rotatable bonds is 4. The quantitative estimate of drug-likeness (QED) is 0.411. The number of halogens is 1. The van der Waals surface area contributed by atoms with E-state index in [2.05, 4.69) is 42.7 Å². The van der Waals surface area contributed by atoms with Gasteiger partial charge in [-0.3, -0.25) is 0 Å². The molecule has 27 heavy (non-hydrogen) atoms. The summed E-state index contributed by atoms with van der Waals surface area (Å²) in [7, 11) is 0. The van der Waals surface area contributed by atoms with Crippen LogP contribution in [-0.2, 0) is 6.54 Å². The molecule has 4 heteroatoms. The minimum absolute atomic E-state index is 0.729. The Bertz CT molecular complexity index is 1130. The van der Waals surface area contributed by atoms with Crippen LogP contribution in [0.25, 0.3) is 23.2 Å². The summed E-state index contributed by atoms with van der Waals surface area (Å²) in [6.07, 6.45) is 3.98. The molecule has 0 atom stereocenters. The molecule has 0 fully saturated rings. The van der Waals surface area contributed by atoms with E-state index in [1.807, 2.05) is 43.3 Å². The number of fused-ring (bicyclic) bond motifs is 1. The molecule has 0 aliphatic rings. The number of aryl methyl sites for hydroxylation is 3. The first-order valence-electron chi connectivity index (χ1n) is 8.96. The smallest absolute Gasteiger partial charge is 0.134 e. The summed E-state index contributed by atoms with van der Waals surface area (Å²) in [5, 5.41) is 0.744. The number of hydrogen-bond acceptors (Lipinski definition) is 2. The second-order valence-corrected chi connectivity index (χ2v) is 7.33. The van der Waals surface area contributed by atoms with Crippen LogP contribution in [0.2, 0.25) is 5.02 Å². The van der Waals surface area contributed by atoms with Gasteiger partial charge in [0.2, 0.25) is 0 Å². The van der Waals surface area contributed by atoms with Crippen molar-refractivity contribution in [2.24, 2.45) is 0 Å². The zero-order valence-corrected chi connectivity index (χ0v) is 16.4. The van der Waals surface area contributed by atoms with Gasteiger partial charge in [-0.25, -0.2) is 4.98 Å². The minimum Gasteiger partial charge on any atom is -0.462 e. The summed E-state index contributed by atoms with van der Waals surface area (Å²) in [5.74, 6) is 2.62. The van der Waals surface area contributed by atoms with Gasteiger partial charge in [0.05, 0.1) is 11.0 Å². The van der Waals surface area contributed by atoms with Gasteiger partial charge in [-0.15, -0.1) is 0 Å². The summed E-state index contributed by atoms with van der Waals surface area (Å²) in [6.45, 7) is 6.93. The molecule has 0 N–H and O–H groups in total. The summed E-state index contributed by atoms with van der Waals surface area (Å²) in [5.41, 5.74) is 5.82. The molecule has 0 unspecified atom stereocenters. The van der Waals surface area contributed by atoms with Gasteiger partial charge in [-0.05, 0) is 86.0 Å². The van der Waals surface area contributed by atoms with Gasteiger partial charge in [-0.1, -0.05) is 23.7 Å². The standard InChI is InChI=1S/C23H21ClN2O/c1-15-12-21-22(13-16(15)2)26(14-18-5-7-19(24)8-6-18)23(25-21)11-10-20-9-4-17(3)27-20/h4-13H,14H2,1-3H3/b11-10+. The normalized spacial score (nSPS) is 11.7. The number of furan rings is 1. The predicted molar refractivity (Wildman–Crippen MR) is 112 cm³/mol. The molecule has 136 valence electrons. The summed E-state index contributed by atoms with van der Waals surface area (Å²) < 4.78 is 7.88. The van der Waals surface area contributed by atoms with Crippen molar-refractivity contribution in [3.05, 3.63) is 87.6 Å². The van der Waals surface area contributed by atoms with Gasteiger partial charge in [0.25, 0.3) is 0 Å². The van der Waals surface area contributed by atoms with Crippen molar-refractivity contribution >= 4 is 34.8 Å². The SMILES string of the molecule is Cc1ccc(/C=C/c2nc3cc(C)c(C)cc3n2Cc2ccc(Cl)cc2)o1. The third kappa shape index (κ3) is 3.69. The van der Waals surface area contributed by atoms with Crippen molar-refractivity contribution in [3.8, 4) is 0 Å². The molecule has 0 bridgehead atoms. The average molecular weight is 377 g/mol. The van der Waals surface area contributed by atoms with Gasteiger partial charge in [0, 0.05) is 11.6 Å². The van der Waals surface area contributed by atoms with Crippen molar-refractivity contribution in [2.45, 2.75) is 27.3 Å². The molecule has 4 aromatic rings. The molecule has 0 aliphatic heterocycles. The van der Waals surface area contributed by atoms with E-state index < -0.39 is 0 Å². The summed E-state index contributed by atoms with van der Waals surface area (Å²) in [6, 6.07) is 16.2. The highest BCUT2D eigenvalue weighted by atomic mass is 35.5. The number of imidazole rings is 1. The molecule has 0 amide bonds. The second kappa shape index (κ2) is 7.09. The van der Waals surface area contributed by atoms with Gasteiger partial charge in [0.15, 0.2) is 0 Å². The van der Waals surface area contributed by atoms with E-state index in [0.29, 0.717) is 0 Å². The highest BCUT2D eigenvalue weighted by molar-refractivity contribution is 6.30. The Hall–Kier alpha value is -2.78. The van der Waals surface area contributed by atoms with Crippen molar-refractivity contribution in [1.29, 1.82) is 0 Å². The first kappa shape index (κ1) is 17.6. The Kier molecular flexibility index (Phi) is 4.63. The third-order valence-corrected chi connectivity index (χ3v) is 5.06. The molecule has 2 aromatic heterocycles. The Labute approximate surface area is 163 Å². The van der Waals surface area contributed by atoms with Crippen molar-refractivity contribution in [2.75, 3.05) is 0 Å². The third-order valence-electron chi connectivity index (χ3n) is 4.80. The van der Waals surface area contributed by atoms with E-state index in [4.69, 9.17) is 21.0 Å². The molecule has 4 rings (SSSR count). The second-order valence-electron chi connectivity index (χ2n) is 6.89. The number of aromatic nitrogens is 2. The zero-order chi connectivity index (χ0) is 19.0. The molecule has 3 nitrogen and oxygen atoms in total. The zero-order valence-electron chi connectivity index (χ0n) is 15.7. The topological polar surface area (TPSA) is 31.0 Å². The molecular formula is C23H21ClN2O. The number of benzene rings is 2. The number of nitrogens with zero attached hydrogens (tertiary/aromatic N) is 2. The molecule has 0 aliphatic carbocycles. The Morgan fingerprint density at radius 1 is 0.963 bits per heavy atom. The van der Waals surface area contributed by atoms with Crippen LogP contribution in [0.1, 0.15) is 34.0 Å². The predicted octanol–water partition coefficient (Wildman–Crippen LogP) is 6.43. The van der Waals surface area contributed by atoms with E-state index in [9.17, 15) is 0 Å². The lowest BCUT2D eigenvalue weighted by molar-refractivity contribution is 0.525. The first-order valence-corrected chi connectivity index (χ1v) is 9.34. The molecule has 0 radical (unpaired) electrons. The largest absolute Gasteiger partial charge is 0.462 e. The van der Waals surface area contributed by atoms with Crippen molar-refractivity contribution < 1.29 is 4.42 Å². The maximum absolute atomic E-state index is 6.04. The number of hydrogen-bond donors (Lipinski definition) is 0. The minimum atomic E-state index is 0.729. The van der Waals surface area contributed by atoms with Crippen molar-refractivity contribution in [1.82, 2.24) is 9.55 Å². The monoisotopic (exact) mass is 376 g/mol. The highest BCUT2D eigenvalue weighted by Crippen LogP contribution is 2.24. The molecule has 2 aromatic carbocycles. The molecule has 0 spiro atoms. The van der Waals surface area contributed by atoms with E-state index in [1.165, 1.54) is 16.7 Å². The average Bonchev–Trinajstić information content (AvgIpc) is 3.19. The van der Waals surface area contributed by atoms with Crippen LogP contribution in [-0.4, -0.2) is 9.55 Å².